The minimum atomic E-state index is -1.29. The molecule has 5 rings (SSSR count). The van der Waals surface area contributed by atoms with E-state index >= 15 is 0 Å². The second kappa shape index (κ2) is 7.61. The fourth-order valence-corrected chi connectivity index (χ4v) is 7.58. The number of benzene rings is 1. The Morgan fingerprint density at radius 3 is 2.53 bits per heavy atom. The zero-order valence-corrected chi connectivity index (χ0v) is 20.3. The number of hydrogen-bond donors (Lipinski definition) is 1. The minimum Gasteiger partial charge on any atom is -0.447 e. The van der Waals surface area contributed by atoms with Gasteiger partial charge in [-0.05, 0) is 86.8 Å². The van der Waals surface area contributed by atoms with Gasteiger partial charge in [-0.25, -0.2) is 4.79 Å². The molecule has 0 radical (unpaired) electrons. The molecule has 1 saturated carbocycles. The smallest absolute Gasteiger partial charge is 0.339 e. The number of ketones is 2. The molecule has 5 heteroatoms. The molecule has 5 nitrogen and oxygen atoms in total. The summed E-state index contributed by atoms with van der Waals surface area (Å²) in [5.41, 5.74) is 1.09. The Morgan fingerprint density at radius 2 is 1.85 bits per heavy atom. The largest absolute Gasteiger partial charge is 0.447 e. The quantitative estimate of drug-likeness (QED) is 0.520. The lowest BCUT2D eigenvalue weighted by atomic mass is 9.51. The van der Waals surface area contributed by atoms with E-state index in [4.69, 9.17) is 4.74 Å². The van der Waals surface area contributed by atoms with Crippen molar-refractivity contribution in [2.75, 3.05) is 0 Å². The predicted octanol–water partition coefficient (Wildman–Crippen LogP) is 4.76. The van der Waals surface area contributed by atoms with E-state index in [1.807, 2.05) is 19.1 Å². The Balaban J connectivity index is 1.60. The lowest BCUT2D eigenvalue weighted by molar-refractivity contribution is -0.153. The van der Waals surface area contributed by atoms with E-state index in [1.165, 1.54) is 12.5 Å². The maximum atomic E-state index is 13.2. The number of hydrogen-bond acceptors (Lipinski definition) is 5. The molecule has 0 aliphatic heterocycles. The number of aliphatic hydroxyl groups is 1. The molecule has 1 aromatic rings. The third kappa shape index (κ3) is 2.99. The van der Waals surface area contributed by atoms with Gasteiger partial charge in [0, 0.05) is 10.8 Å². The van der Waals surface area contributed by atoms with Crippen molar-refractivity contribution in [3.05, 3.63) is 70.8 Å². The molecule has 1 N–H and O–H groups in total. The molecular formula is C29H32O5. The van der Waals surface area contributed by atoms with Gasteiger partial charge in [-0.1, -0.05) is 43.7 Å². The van der Waals surface area contributed by atoms with Crippen LogP contribution in [0.3, 0.4) is 0 Å². The van der Waals surface area contributed by atoms with Gasteiger partial charge in [0.05, 0.1) is 11.7 Å². The summed E-state index contributed by atoms with van der Waals surface area (Å²) >= 11 is 0. The molecule has 1 fully saturated rings. The Bertz CT molecular complexity index is 1170. The molecule has 0 aromatic heterocycles. The Morgan fingerprint density at radius 1 is 1.15 bits per heavy atom. The summed E-state index contributed by atoms with van der Waals surface area (Å²) in [4.78, 5) is 38.5. The zero-order chi connectivity index (χ0) is 24.5. The molecule has 0 amide bonds. The SMILES string of the molecule is CC(=O)[C@@]1(OC(=O)c2ccccc2)CC[C@H]2C3=C([C@@H](O)C[C@@]21C)[C@@]1(C)C=CC(=O)C=C1[C@@H](C)C3. The highest BCUT2D eigenvalue weighted by molar-refractivity contribution is 6.01. The number of allylic oxidation sites excluding steroid dienone is 5. The van der Waals surface area contributed by atoms with Crippen LogP contribution in [0.25, 0.3) is 0 Å². The van der Waals surface area contributed by atoms with Crippen molar-refractivity contribution in [2.45, 2.75) is 65.1 Å². The van der Waals surface area contributed by atoms with Gasteiger partial charge in [0.2, 0.25) is 0 Å². The van der Waals surface area contributed by atoms with Gasteiger partial charge in [0.25, 0.3) is 0 Å². The highest BCUT2D eigenvalue weighted by atomic mass is 16.6. The van der Waals surface area contributed by atoms with E-state index in [0.717, 1.165) is 17.6 Å². The van der Waals surface area contributed by atoms with Crippen molar-refractivity contribution in [1.29, 1.82) is 0 Å². The number of carbonyl (C=O) groups is 3. The number of aliphatic hydroxyl groups excluding tert-OH is 1. The van der Waals surface area contributed by atoms with Crippen molar-refractivity contribution in [1.82, 2.24) is 0 Å². The minimum absolute atomic E-state index is 0.0113. The van der Waals surface area contributed by atoms with Crippen LogP contribution in [0.2, 0.25) is 0 Å². The molecule has 0 spiro atoms. The monoisotopic (exact) mass is 460 g/mol. The summed E-state index contributed by atoms with van der Waals surface area (Å²) in [5, 5.41) is 11.6. The van der Waals surface area contributed by atoms with Crippen LogP contribution in [0, 0.1) is 22.7 Å². The van der Waals surface area contributed by atoms with Crippen molar-refractivity contribution >= 4 is 17.5 Å². The molecular weight excluding hydrogens is 428 g/mol. The summed E-state index contributed by atoms with van der Waals surface area (Å²) in [6.45, 7) is 7.72. The lowest BCUT2D eigenvalue weighted by Gasteiger charge is -2.55. The molecule has 0 unspecified atom stereocenters. The molecule has 34 heavy (non-hydrogen) atoms. The van der Waals surface area contributed by atoms with Crippen LogP contribution in [-0.2, 0) is 14.3 Å². The zero-order valence-electron chi connectivity index (χ0n) is 20.3. The van der Waals surface area contributed by atoms with Crippen molar-refractivity contribution < 1.29 is 24.2 Å². The maximum Gasteiger partial charge on any atom is 0.339 e. The van der Waals surface area contributed by atoms with Gasteiger partial charge in [-0.2, -0.15) is 0 Å². The maximum absolute atomic E-state index is 13.2. The van der Waals surface area contributed by atoms with Gasteiger partial charge in [-0.3, -0.25) is 9.59 Å². The van der Waals surface area contributed by atoms with Gasteiger partial charge in [0.15, 0.2) is 17.2 Å². The van der Waals surface area contributed by atoms with E-state index < -0.39 is 28.5 Å². The fraction of sp³-hybridized carbons (Fsp3) is 0.483. The Hall–Kier alpha value is -2.79. The molecule has 178 valence electrons. The standard InChI is InChI=1S/C29H32O5/c1-17-14-21-22-11-13-29(18(2)30,34-26(33)19-8-6-5-7-9-19)28(22,4)16-24(32)25(21)27(3)12-10-20(31)15-23(17)27/h5-10,12,15,17,22,24,32H,11,13-14,16H2,1-4H3/t17-,22-,24-,27-,28-,29-/m0/s1. The van der Waals surface area contributed by atoms with E-state index in [0.29, 0.717) is 24.8 Å². The van der Waals surface area contributed by atoms with Crippen LogP contribution < -0.4 is 0 Å². The van der Waals surface area contributed by atoms with Crippen LogP contribution in [-0.4, -0.2) is 34.3 Å². The molecule has 0 bridgehead atoms. The first-order valence-corrected chi connectivity index (χ1v) is 12.2. The van der Waals surface area contributed by atoms with Gasteiger partial charge < -0.3 is 9.84 Å². The number of Topliss-reactive ketones (excluding diaryl/α,β-unsaturated/α-hetero) is 1. The number of rotatable bonds is 3. The van der Waals surface area contributed by atoms with Crippen LogP contribution in [0.15, 0.2) is 65.3 Å². The van der Waals surface area contributed by atoms with Gasteiger partial charge in [-0.15, -0.1) is 0 Å². The molecule has 0 saturated heterocycles. The Labute approximate surface area is 200 Å². The first-order valence-electron chi connectivity index (χ1n) is 12.2. The summed E-state index contributed by atoms with van der Waals surface area (Å²) in [6, 6.07) is 8.76. The third-order valence-corrected chi connectivity index (χ3v) is 9.13. The van der Waals surface area contributed by atoms with Crippen LogP contribution in [0.5, 0.6) is 0 Å². The lowest BCUT2D eigenvalue weighted by Crippen LogP contribution is -2.57. The average molecular weight is 461 g/mol. The number of esters is 1. The van der Waals surface area contributed by atoms with E-state index in [1.54, 1.807) is 36.4 Å². The molecule has 6 atom stereocenters. The van der Waals surface area contributed by atoms with Gasteiger partial charge in [0.1, 0.15) is 0 Å². The summed E-state index contributed by atoms with van der Waals surface area (Å²) in [7, 11) is 0. The summed E-state index contributed by atoms with van der Waals surface area (Å²) < 4.78 is 6.13. The molecule has 4 aliphatic rings. The normalized spacial score (nSPS) is 38.6. The van der Waals surface area contributed by atoms with Gasteiger partial charge >= 0.3 is 5.97 Å². The number of carbonyl (C=O) groups excluding carboxylic acids is 3. The molecule has 4 aliphatic carbocycles. The summed E-state index contributed by atoms with van der Waals surface area (Å²) in [6.07, 6.45) is 6.69. The predicted molar refractivity (Wildman–Crippen MR) is 128 cm³/mol. The van der Waals surface area contributed by atoms with E-state index in [2.05, 4.69) is 13.8 Å². The summed E-state index contributed by atoms with van der Waals surface area (Å²) in [5.74, 6) is -0.522. The van der Waals surface area contributed by atoms with Crippen molar-refractivity contribution in [2.24, 2.45) is 22.7 Å². The number of fused-ring (bicyclic) bond motifs is 4. The van der Waals surface area contributed by atoms with E-state index in [-0.39, 0.29) is 23.4 Å². The highest BCUT2D eigenvalue weighted by Crippen LogP contribution is 2.66. The van der Waals surface area contributed by atoms with E-state index in [9.17, 15) is 19.5 Å². The highest BCUT2D eigenvalue weighted by Gasteiger charge is 2.67. The third-order valence-electron chi connectivity index (χ3n) is 9.13. The average Bonchev–Trinajstić information content (AvgIpc) is 3.08. The first-order chi connectivity index (χ1) is 16.0. The fourth-order valence-electron chi connectivity index (χ4n) is 7.58. The number of ether oxygens (including phenoxy) is 1. The topological polar surface area (TPSA) is 80.7 Å². The van der Waals surface area contributed by atoms with Crippen LogP contribution in [0.1, 0.15) is 63.7 Å². The van der Waals surface area contributed by atoms with Crippen molar-refractivity contribution in [3.63, 3.8) is 0 Å². The second-order valence-corrected chi connectivity index (χ2v) is 10.9. The van der Waals surface area contributed by atoms with Crippen LogP contribution >= 0.6 is 0 Å². The van der Waals surface area contributed by atoms with Crippen LogP contribution in [0.4, 0.5) is 0 Å². The Kier molecular flexibility index (Phi) is 5.14. The van der Waals surface area contributed by atoms with Crippen molar-refractivity contribution in [3.8, 4) is 0 Å². The first kappa shape index (κ1) is 23.0. The molecule has 0 heterocycles. The second-order valence-electron chi connectivity index (χ2n) is 10.9. The molecule has 1 aromatic carbocycles.